The Labute approximate surface area is 128 Å². The molecule has 0 spiro atoms. The second-order valence-electron chi connectivity index (χ2n) is 6.21. The number of hydrogen-bond acceptors (Lipinski definition) is 3. The second kappa shape index (κ2) is 6.50. The molecular formula is C15H27N3O2S. The molecule has 0 aliphatic heterocycles. The van der Waals surface area contributed by atoms with Gasteiger partial charge in [0.1, 0.15) is 0 Å². The van der Waals surface area contributed by atoms with Crippen molar-refractivity contribution < 1.29 is 8.42 Å². The van der Waals surface area contributed by atoms with Crippen LogP contribution in [0.4, 0.5) is 0 Å². The normalized spacial score (nSPS) is 18.8. The van der Waals surface area contributed by atoms with E-state index in [0.29, 0.717) is 11.4 Å². The van der Waals surface area contributed by atoms with Crippen molar-refractivity contribution in [3.05, 3.63) is 18.0 Å². The average molecular weight is 313 g/mol. The first-order valence-electron chi connectivity index (χ1n) is 7.78. The summed E-state index contributed by atoms with van der Waals surface area (Å²) in [5.41, 5.74) is 0.698. The summed E-state index contributed by atoms with van der Waals surface area (Å²) < 4.78 is 30.2. The van der Waals surface area contributed by atoms with Gasteiger partial charge < -0.3 is 9.88 Å². The van der Waals surface area contributed by atoms with Gasteiger partial charge in [-0.3, -0.25) is 0 Å². The molecule has 0 saturated heterocycles. The fourth-order valence-corrected chi connectivity index (χ4v) is 4.64. The van der Waals surface area contributed by atoms with E-state index < -0.39 is 10.0 Å². The first-order chi connectivity index (χ1) is 9.90. The van der Waals surface area contributed by atoms with E-state index in [9.17, 15) is 8.42 Å². The van der Waals surface area contributed by atoms with Crippen LogP contribution in [-0.4, -0.2) is 25.6 Å². The molecule has 1 saturated carbocycles. The Bertz CT molecular complexity index is 572. The summed E-state index contributed by atoms with van der Waals surface area (Å²) in [6.45, 7) is 5.48. The molecule has 0 bridgehead atoms. The first kappa shape index (κ1) is 16.5. The van der Waals surface area contributed by atoms with Crippen LogP contribution in [0, 0.1) is 0 Å². The molecule has 0 amide bonds. The maximum atomic E-state index is 12.6. The highest BCUT2D eigenvalue weighted by atomic mass is 32.2. The summed E-state index contributed by atoms with van der Waals surface area (Å²) in [5.74, 6) is 0. The molecule has 0 radical (unpaired) electrons. The van der Waals surface area contributed by atoms with Gasteiger partial charge in [-0.2, -0.15) is 0 Å². The van der Waals surface area contributed by atoms with Crippen molar-refractivity contribution in [1.29, 1.82) is 0 Å². The minimum atomic E-state index is -3.45. The summed E-state index contributed by atoms with van der Waals surface area (Å²) in [7, 11) is -1.58. The second-order valence-corrected chi connectivity index (χ2v) is 7.89. The Morgan fingerprint density at radius 1 is 1.29 bits per heavy atom. The number of aromatic nitrogens is 1. The Morgan fingerprint density at radius 2 is 1.95 bits per heavy atom. The average Bonchev–Trinajstić information content (AvgIpc) is 2.83. The highest BCUT2D eigenvalue weighted by Crippen LogP contribution is 2.29. The molecule has 0 unspecified atom stereocenters. The monoisotopic (exact) mass is 313 g/mol. The van der Waals surface area contributed by atoms with Crippen molar-refractivity contribution in [2.75, 3.05) is 7.05 Å². The molecule has 6 heteroatoms. The fourth-order valence-electron chi connectivity index (χ4n) is 3.11. The molecule has 2 N–H and O–H groups in total. The standard InChI is InChI=1S/C15H27N3O2S/c1-4-18-12-14(10-13(18)11-16-3)21(19,20)17-15(2)8-6-5-7-9-15/h10,12,16-17H,4-9,11H2,1-3H3. The van der Waals surface area contributed by atoms with E-state index in [2.05, 4.69) is 10.0 Å². The molecule has 120 valence electrons. The van der Waals surface area contributed by atoms with E-state index in [1.165, 1.54) is 6.42 Å². The molecule has 0 atom stereocenters. The van der Waals surface area contributed by atoms with E-state index >= 15 is 0 Å². The number of aryl methyl sites for hydroxylation is 1. The quantitative estimate of drug-likeness (QED) is 0.846. The minimum absolute atomic E-state index is 0.297. The van der Waals surface area contributed by atoms with Crippen LogP contribution < -0.4 is 10.0 Å². The van der Waals surface area contributed by atoms with Crippen LogP contribution >= 0.6 is 0 Å². The summed E-state index contributed by atoms with van der Waals surface area (Å²) in [6.07, 6.45) is 6.98. The van der Waals surface area contributed by atoms with E-state index in [1.54, 1.807) is 12.3 Å². The zero-order valence-electron chi connectivity index (χ0n) is 13.3. The molecule has 1 heterocycles. The Balaban J connectivity index is 2.22. The third-order valence-corrected chi connectivity index (χ3v) is 5.91. The molecule has 21 heavy (non-hydrogen) atoms. The van der Waals surface area contributed by atoms with Gasteiger partial charge in [0.15, 0.2) is 0 Å². The topological polar surface area (TPSA) is 63.1 Å². The van der Waals surface area contributed by atoms with E-state index in [1.807, 2.05) is 25.5 Å². The molecule has 1 fully saturated rings. The van der Waals surface area contributed by atoms with E-state index in [4.69, 9.17) is 0 Å². The zero-order chi connectivity index (χ0) is 15.5. The smallest absolute Gasteiger partial charge is 0.242 e. The van der Waals surface area contributed by atoms with Crippen LogP contribution in [0.15, 0.2) is 17.2 Å². The van der Waals surface area contributed by atoms with Gasteiger partial charge in [-0.15, -0.1) is 0 Å². The zero-order valence-corrected chi connectivity index (χ0v) is 14.1. The summed E-state index contributed by atoms with van der Waals surface area (Å²) in [4.78, 5) is 0.376. The molecule has 1 aliphatic rings. The van der Waals surface area contributed by atoms with Crippen LogP contribution in [0.5, 0.6) is 0 Å². The number of nitrogens with one attached hydrogen (secondary N) is 2. The van der Waals surface area contributed by atoms with Crippen molar-refractivity contribution in [1.82, 2.24) is 14.6 Å². The largest absolute Gasteiger partial charge is 0.349 e. The lowest BCUT2D eigenvalue weighted by Crippen LogP contribution is -2.46. The maximum Gasteiger partial charge on any atom is 0.242 e. The Kier molecular flexibility index (Phi) is 5.11. The highest BCUT2D eigenvalue weighted by molar-refractivity contribution is 7.89. The number of nitrogens with zero attached hydrogens (tertiary/aromatic N) is 1. The van der Waals surface area contributed by atoms with Crippen molar-refractivity contribution in [2.24, 2.45) is 0 Å². The van der Waals surface area contributed by atoms with Crippen molar-refractivity contribution in [3.63, 3.8) is 0 Å². The van der Waals surface area contributed by atoms with Crippen LogP contribution in [0.2, 0.25) is 0 Å². The van der Waals surface area contributed by atoms with Gasteiger partial charge in [-0.05, 0) is 39.8 Å². The van der Waals surface area contributed by atoms with Crippen molar-refractivity contribution in [2.45, 2.75) is 69.5 Å². The van der Waals surface area contributed by atoms with Gasteiger partial charge in [-0.1, -0.05) is 19.3 Å². The van der Waals surface area contributed by atoms with Gasteiger partial charge in [-0.25, -0.2) is 13.1 Å². The molecule has 1 aromatic rings. The molecule has 0 aromatic carbocycles. The lowest BCUT2D eigenvalue weighted by atomic mass is 9.84. The Morgan fingerprint density at radius 3 is 2.52 bits per heavy atom. The molecule has 1 aliphatic carbocycles. The summed E-state index contributed by atoms with van der Waals surface area (Å²) in [5, 5.41) is 3.08. The van der Waals surface area contributed by atoms with Crippen molar-refractivity contribution in [3.8, 4) is 0 Å². The van der Waals surface area contributed by atoms with Crippen LogP contribution in [-0.2, 0) is 23.1 Å². The third-order valence-electron chi connectivity index (χ3n) is 4.31. The fraction of sp³-hybridized carbons (Fsp3) is 0.733. The van der Waals surface area contributed by atoms with Gasteiger partial charge in [0, 0.05) is 30.5 Å². The summed E-state index contributed by atoms with van der Waals surface area (Å²) in [6, 6.07) is 1.77. The van der Waals surface area contributed by atoms with Crippen LogP contribution in [0.3, 0.4) is 0 Å². The minimum Gasteiger partial charge on any atom is -0.349 e. The molecule has 5 nitrogen and oxygen atoms in total. The van der Waals surface area contributed by atoms with Crippen molar-refractivity contribution >= 4 is 10.0 Å². The Hall–Kier alpha value is -0.850. The van der Waals surface area contributed by atoms with E-state index in [0.717, 1.165) is 37.9 Å². The first-order valence-corrected chi connectivity index (χ1v) is 9.26. The predicted molar refractivity (Wildman–Crippen MR) is 84.7 cm³/mol. The number of hydrogen-bond donors (Lipinski definition) is 2. The SMILES string of the molecule is CCn1cc(S(=O)(=O)NC2(C)CCCCC2)cc1CNC. The van der Waals surface area contributed by atoms with Gasteiger partial charge >= 0.3 is 0 Å². The van der Waals surface area contributed by atoms with E-state index in [-0.39, 0.29) is 5.54 Å². The van der Waals surface area contributed by atoms with Gasteiger partial charge in [0.2, 0.25) is 10.0 Å². The predicted octanol–water partition coefficient (Wildman–Crippen LogP) is 2.23. The number of sulfonamides is 1. The van der Waals surface area contributed by atoms with Gasteiger partial charge in [0.25, 0.3) is 0 Å². The molecular weight excluding hydrogens is 286 g/mol. The lowest BCUT2D eigenvalue weighted by molar-refractivity contribution is 0.294. The third kappa shape index (κ3) is 3.87. The summed E-state index contributed by atoms with van der Waals surface area (Å²) >= 11 is 0. The number of rotatable bonds is 6. The highest BCUT2D eigenvalue weighted by Gasteiger charge is 2.32. The van der Waals surface area contributed by atoms with Gasteiger partial charge in [0.05, 0.1) is 4.90 Å². The van der Waals surface area contributed by atoms with Crippen LogP contribution in [0.1, 0.15) is 51.6 Å². The van der Waals surface area contributed by atoms with Crippen LogP contribution in [0.25, 0.3) is 0 Å². The maximum absolute atomic E-state index is 12.6. The molecule has 2 rings (SSSR count). The lowest BCUT2D eigenvalue weighted by Gasteiger charge is -2.33. The molecule has 1 aromatic heterocycles.